The normalized spacial score (nSPS) is 12.2. The van der Waals surface area contributed by atoms with Crippen LogP contribution in [0, 0.1) is 27.7 Å². The van der Waals surface area contributed by atoms with Gasteiger partial charge >= 0.3 is 0 Å². The molecule has 1 heterocycles. The topological polar surface area (TPSA) is 38.7 Å². The molecule has 0 bridgehead atoms. The molecule has 3 rings (SSSR count). The van der Waals surface area contributed by atoms with E-state index in [1.54, 1.807) is 0 Å². The largest absolute Gasteiger partial charge is 0.213 e. The third-order valence-electron chi connectivity index (χ3n) is 5.54. The van der Waals surface area contributed by atoms with Crippen molar-refractivity contribution in [1.82, 2.24) is 15.0 Å². The fraction of sp³-hybridized carbons (Fsp3) is 0.444. The van der Waals surface area contributed by atoms with Crippen molar-refractivity contribution in [3.8, 4) is 22.8 Å². The molecule has 0 saturated heterocycles. The maximum absolute atomic E-state index is 4.93. The Balaban J connectivity index is 2.05. The summed E-state index contributed by atoms with van der Waals surface area (Å²) in [7, 11) is 0. The number of unbranched alkanes of at least 4 members (excludes halogenated alkanes) is 3. The fourth-order valence-corrected chi connectivity index (χ4v) is 4.08. The zero-order valence-corrected chi connectivity index (χ0v) is 19.4. The molecule has 0 amide bonds. The van der Waals surface area contributed by atoms with Crippen LogP contribution in [0.15, 0.2) is 36.4 Å². The molecule has 158 valence electrons. The second-order valence-electron chi connectivity index (χ2n) is 8.84. The second-order valence-corrected chi connectivity index (χ2v) is 8.84. The molecule has 0 radical (unpaired) electrons. The SMILES string of the molecule is CCCCCCC(C)c1nc(-c2cc(C)cc(C)c2)nc(-c2cc(C)cc(C)c2)n1. The minimum atomic E-state index is 0.319. The average Bonchev–Trinajstić information content (AvgIpc) is 2.69. The van der Waals surface area contributed by atoms with Gasteiger partial charge in [-0.25, -0.2) is 15.0 Å². The Bertz CT molecular complexity index is 897. The Hall–Kier alpha value is -2.55. The van der Waals surface area contributed by atoms with E-state index in [0.29, 0.717) is 5.92 Å². The quantitative estimate of drug-likeness (QED) is 0.366. The first-order chi connectivity index (χ1) is 14.4. The van der Waals surface area contributed by atoms with E-state index in [-0.39, 0.29) is 0 Å². The summed E-state index contributed by atoms with van der Waals surface area (Å²) in [6, 6.07) is 13.1. The van der Waals surface area contributed by atoms with E-state index >= 15 is 0 Å². The summed E-state index contributed by atoms with van der Waals surface area (Å²) >= 11 is 0. The van der Waals surface area contributed by atoms with E-state index in [1.807, 2.05) is 0 Å². The molecule has 3 nitrogen and oxygen atoms in total. The number of benzene rings is 2. The number of rotatable bonds is 8. The van der Waals surface area contributed by atoms with Crippen LogP contribution in [0.1, 0.15) is 79.9 Å². The highest BCUT2D eigenvalue weighted by molar-refractivity contribution is 5.63. The molecule has 0 spiro atoms. The molecule has 1 atom stereocenters. The van der Waals surface area contributed by atoms with Gasteiger partial charge in [0.25, 0.3) is 0 Å². The van der Waals surface area contributed by atoms with E-state index in [2.05, 4.69) is 77.9 Å². The van der Waals surface area contributed by atoms with Crippen LogP contribution in [0.3, 0.4) is 0 Å². The van der Waals surface area contributed by atoms with Crippen LogP contribution in [0.25, 0.3) is 22.8 Å². The molecular formula is C27H35N3. The lowest BCUT2D eigenvalue weighted by molar-refractivity contribution is 0.561. The van der Waals surface area contributed by atoms with Crippen molar-refractivity contribution in [2.45, 2.75) is 79.6 Å². The summed E-state index contributed by atoms with van der Waals surface area (Å²) in [6.45, 7) is 13.0. The van der Waals surface area contributed by atoms with Crippen LogP contribution >= 0.6 is 0 Å². The fourth-order valence-electron chi connectivity index (χ4n) is 4.08. The van der Waals surface area contributed by atoms with E-state index < -0.39 is 0 Å². The van der Waals surface area contributed by atoms with Gasteiger partial charge in [0.2, 0.25) is 0 Å². The van der Waals surface area contributed by atoms with Crippen LogP contribution in [-0.4, -0.2) is 15.0 Å². The van der Waals surface area contributed by atoms with Crippen molar-refractivity contribution < 1.29 is 0 Å². The van der Waals surface area contributed by atoms with Gasteiger partial charge in [-0.05, 0) is 58.4 Å². The molecule has 0 saturated carbocycles. The Morgan fingerprint density at radius 2 is 1.10 bits per heavy atom. The molecule has 0 fully saturated rings. The predicted molar refractivity (Wildman–Crippen MR) is 127 cm³/mol. The maximum Gasteiger partial charge on any atom is 0.163 e. The third kappa shape index (κ3) is 5.75. The van der Waals surface area contributed by atoms with Crippen molar-refractivity contribution in [2.24, 2.45) is 0 Å². The van der Waals surface area contributed by atoms with Gasteiger partial charge in [-0.15, -0.1) is 0 Å². The van der Waals surface area contributed by atoms with Gasteiger partial charge in [0, 0.05) is 17.0 Å². The molecule has 3 aromatic rings. The van der Waals surface area contributed by atoms with Crippen molar-refractivity contribution in [3.05, 3.63) is 64.5 Å². The molecule has 0 aliphatic rings. The van der Waals surface area contributed by atoms with E-state index in [4.69, 9.17) is 15.0 Å². The van der Waals surface area contributed by atoms with Crippen LogP contribution < -0.4 is 0 Å². The summed E-state index contributed by atoms with van der Waals surface area (Å²) in [5.74, 6) is 2.78. The van der Waals surface area contributed by atoms with Gasteiger partial charge in [-0.3, -0.25) is 0 Å². The molecule has 0 aliphatic heterocycles. The number of aryl methyl sites for hydroxylation is 4. The van der Waals surface area contributed by atoms with Gasteiger partial charge in [-0.1, -0.05) is 73.9 Å². The standard InChI is InChI=1S/C27H35N3/c1-7-8-9-10-11-22(6)25-28-26(23-14-18(2)12-19(3)15-23)30-27(29-25)24-16-20(4)13-21(5)17-24/h12-17,22H,7-11H2,1-6H3. The van der Waals surface area contributed by atoms with E-state index in [0.717, 1.165) is 35.0 Å². The first-order valence-corrected chi connectivity index (χ1v) is 11.3. The van der Waals surface area contributed by atoms with Crippen molar-refractivity contribution in [3.63, 3.8) is 0 Å². The third-order valence-corrected chi connectivity index (χ3v) is 5.54. The Morgan fingerprint density at radius 1 is 0.633 bits per heavy atom. The second kappa shape index (κ2) is 9.97. The van der Waals surface area contributed by atoms with Gasteiger partial charge in [-0.2, -0.15) is 0 Å². The summed E-state index contributed by atoms with van der Waals surface area (Å²) in [5.41, 5.74) is 7.06. The summed E-state index contributed by atoms with van der Waals surface area (Å²) in [6.07, 6.45) is 6.17. The first-order valence-electron chi connectivity index (χ1n) is 11.3. The van der Waals surface area contributed by atoms with Gasteiger partial charge < -0.3 is 0 Å². The molecule has 1 aromatic heterocycles. The minimum absolute atomic E-state index is 0.319. The highest BCUT2D eigenvalue weighted by Gasteiger charge is 2.16. The Morgan fingerprint density at radius 3 is 1.53 bits per heavy atom. The van der Waals surface area contributed by atoms with Crippen LogP contribution in [0.2, 0.25) is 0 Å². The Labute approximate surface area is 182 Å². The van der Waals surface area contributed by atoms with Gasteiger partial charge in [0.1, 0.15) is 5.82 Å². The molecule has 0 aliphatic carbocycles. The lowest BCUT2D eigenvalue weighted by Crippen LogP contribution is -2.07. The predicted octanol–water partition coefficient (Wildman–Crippen LogP) is 7.51. The van der Waals surface area contributed by atoms with Crippen molar-refractivity contribution >= 4 is 0 Å². The zero-order valence-electron chi connectivity index (χ0n) is 19.4. The van der Waals surface area contributed by atoms with Crippen molar-refractivity contribution in [2.75, 3.05) is 0 Å². The van der Waals surface area contributed by atoms with Gasteiger partial charge in [0.15, 0.2) is 11.6 Å². The van der Waals surface area contributed by atoms with Gasteiger partial charge in [0.05, 0.1) is 0 Å². The highest BCUT2D eigenvalue weighted by atomic mass is 15.0. The number of hydrogen-bond donors (Lipinski definition) is 0. The molecule has 1 unspecified atom stereocenters. The maximum atomic E-state index is 4.93. The lowest BCUT2D eigenvalue weighted by atomic mass is 10.0. The highest BCUT2D eigenvalue weighted by Crippen LogP contribution is 2.27. The zero-order chi connectivity index (χ0) is 21.7. The lowest BCUT2D eigenvalue weighted by Gasteiger charge is -2.14. The average molecular weight is 402 g/mol. The summed E-state index contributed by atoms with van der Waals surface area (Å²) in [5, 5.41) is 0. The number of hydrogen-bond acceptors (Lipinski definition) is 3. The monoisotopic (exact) mass is 401 g/mol. The summed E-state index contributed by atoms with van der Waals surface area (Å²) in [4.78, 5) is 14.8. The first kappa shape index (κ1) is 22.1. The van der Waals surface area contributed by atoms with E-state index in [9.17, 15) is 0 Å². The van der Waals surface area contributed by atoms with Crippen molar-refractivity contribution in [1.29, 1.82) is 0 Å². The molecular weight excluding hydrogens is 366 g/mol. The minimum Gasteiger partial charge on any atom is -0.213 e. The molecule has 3 heteroatoms. The van der Waals surface area contributed by atoms with Crippen LogP contribution in [-0.2, 0) is 0 Å². The smallest absolute Gasteiger partial charge is 0.163 e. The summed E-state index contributed by atoms with van der Waals surface area (Å²) < 4.78 is 0. The molecule has 2 aromatic carbocycles. The van der Waals surface area contributed by atoms with Crippen LogP contribution in [0.5, 0.6) is 0 Å². The van der Waals surface area contributed by atoms with E-state index in [1.165, 1.54) is 47.9 Å². The number of nitrogens with zero attached hydrogens (tertiary/aromatic N) is 3. The number of aromatic nitrogens is 3. The molecule has 0 N–H and O–H groups in total. The van der Waals surface area contributed by atoms with Crippen LogP contribution in [0.4, 0.5) is 0 Å². The molecule has 30 heavy (non-hydrogen) atoms. The Kier molecular flexibility index (Phi) is 7.36.